The van der Waals surface area contributed by atoms with Gasteiger partial charge in [-0.05, 0) is 24.3 Å². The molecule has 0 aliphatic carbocycles. The number of ether oxygens (including phenoxy) is 1. The fraction of sp³-hybridized carbons (Fsp3) is 0.571. The van der Waals surface area contributed by atoms with Crippen LogP contribution in [0.3, 0.4) is 0 Å². The molecule has 5 nitrogen and oxygen atoms in total. The topological polar surface area (TPSA) is 72.6 Å². The highest BCUT2D eigenvalue weighted by atomic mass is 32.1. The van der Waals surface area contributed by atoms with Crippen molar-refractivity contribution >= 4 is 23.2 Å². The van der Waals surface area contributed by atoms with E-state index in [1.54, 1.807) is 6.92 Å². The van der Waals surface area contributed by atoms with E-state index in [2.05, 4.69) is 0 Å². The third-order valence-electron chi connectivity index (χ3n) is 2.64. The van der Waals surface area contributed by atoms with Crippen molar-refractivity contribution in [1.82, 2.24) is 4.90 Å². The largest absolute Gasteiger partial charge is 0.465 e. The first-order chi connectivity index (χ1) is 9.45. The van der Waals surface area contributed by atoms with Crippen LogP contribution in [-0.4, -0.2) is 36.5 Å². The molecular formula is C14H22N2O3S. The standard InChI is InChI=1S/C14H22N2O3S/c1-4-19-12(17)9-16(8-10(2)3)14(18)13(15)11-6-5-7-20-11/h5-7,10,13H,4,8-9,15H2,1-3H3. The molecule has 0 bridgehead atoms. The van der Waals surface area contributed by atoms with Crippen LogP contribution in [0.25, 0.3) is 0 Å². The Labute approximate surface area is 123 Å². The number of amides is 1. The predicted molar refractivity (Wildman–Crippen MR) is 79.3 cm³/mol. The summed E-state index contributed by atoms with van der Waals surface area (Å²) < 4.78 is 4.90. The molecule has 1 heterocycles. The molecule has 20 heavy (non-hydrogen) atoms. The Hall–Kier alpha value is -1.40. The average Bonchev–Trinajstić information content (AvgIpc) is 2.89. The number of nitrogens with zero attached hydrogens (tertiary/aromatic N) is 1. The lowest BCUT2D eigenvalue weighted by Gasteiger charge is -2.26. The van der Waals surface area contributed by atoms with Crippen molar-refractivity contribution in [3.63, 3.8) is 0 Å². The first-order valence-corrected chi connectivity index (χ1v) is 7.57. The number of hydrogen-bond acceptors (Lipinski definition) is 5. The van der Waals surface area contributed by atoms with Gasteiger partial charge in [0, 0.05) is 11.4 Å². The van der Waals surface area contributed by atoms with E-state index in [1.165, 1.54) is 16.2 Å². The van der Waals surface area contributed by atoms with Gasteiger partial charge in [0.05, 0.1) is 6.61 Å². The number of carbonyl (C=O) groups excluding carboxylic acids is 2. The summed E-state index contributed by atoms with van der Waals surface area (Å²) >= 11 is 1.44. The van der Waals surface area contributed by atoms with Crippen LogP contribution in [0.15, 0.2) is 17.5 Å². The zero-order valence-corrected chi connectivity index (χ0v) is 13.0. The number of thiophene rings is 1. The molecule has 0 aliphatic rings. The summed E-state index contributed by atoms with van der Waals surface area (Å²) in [6.07, 6.45) is 0. The summed E-state index contributed by atoms with van der Waals surface area (Å²) in [7, 11) is 0. The molecular weight excluding hydrogens is 276 g/mol. The fourth-order valence-corrected chi connectivity index (χ4v) is 2.54. The first kappa shape index (κ1) is 16.7. The monoisotopic (exact) mass is 298 g/mol. The number of carbonyl (C=O) groups is 2. The lowest BCUT2D eigenvalue weighted by Crippen LogP contribution is -2.43. The Morgan fingerprint density at radius 1 is 1.45 bits per heavy atom. The second-order valence-electron chi connectivity index (χ2n) is 4.91. The summed E-state index contributed by atoms with van der Waals surface area (Å²) in [6.45, 7) is 6.45. The number of hydrogen-bond donors (Lipinski definition) is 1. The van der Waals surface area contributed by atoms with E-state index in [0.717, 1.165) is 4.88 Å². The third-order valence-corrected chi connectivity index (χ3v) is 3.59. The third kappa shape index (κ3) is 4.94. The maximum Gasteiger partial charge on any atom is 0.325 e. The van der Waals surface area contributed by atoms with E-state index in [0.29, 0.717) is 13.2 Å². The molecule has 0 fully saturated rings. The van der Waals surface area contributed by atoms with Crippen LogP contribution in [0.2, 0.25) is 0 Å². The molecule has 1 aromatic rings. The Kier molecular flexibility index (Phi) is 6.67. The average molecular weight is 298 g/mol. The van der Waals surface area contributed by atoms with Crippen molar-refractivity contribution < 1.29 is 14.3 Å². The molecule has 0 aliphatic heterocycles. The molecule has 1 atom stereocenters. The van der Waals surface area contributed by atoms with Crippen LogP contribution in [0.5, 0.6) is 0 Å². The number of nitrogens with two attached hydrogens (primary N) is 1. The van der Waals surface area contributed by atoms with Gasteiger partial charge in [-0.2, -0.15) is 0 Å². The Morgan fingerprint density at radius 3 is 2.65 bits per heavy atom. The van der Waals surface area contributed by atoms with Crippen molar-refractivity contribution in [2.24, 2.45) is 11.7 Å². The van der Waals surface area contributed by atoms with Gasteiger partial charge in [0.2, 0.25) is 5.91 Å². The molecule has 1 amide bonds. The molecule has 1 unspecified atom stereocenters. The smallest absolute Gasteiger partial charge is 0.325 e. The highest BCUT2D eigenvalue weighted by Gasteiger charge is 2.25. The van der Waals surface area contributed by atoms with E-state index < -0.39 is 12.0 Å². The van der Waals surface area contributed by atoms with E-state index >= 15 is 0 Å². The molecule has 0 radical (unpaired) electrons. The highest BCUT2D eigenvalue weighted by molar-refractivity contribution is 7.10. The van der Waals surface area contributed by atoms with Crippen molar-refractivity contribution in [3.05, 3.63) is 22.4 Å². The van der Waals surface area contributed by atoms with Gasteiger partial charge in [-0.3, -0.25) is 9.59 Å². The van der Waals surface area contributed by atoms with Gasteiger partial charge in [-0.25, -0.2) is 0 Å². The van der Waals surface area contributed by atoms with Gasteiger partial charge in [0.25, 0.3) is 0 Å². The number of esters is 1. The van der Waals surface area contributed by atoms with Gasteiger partial charge in [0.15, 0.2) is 0 Å². The van der Waals surface area contributed by atoms with Crippen LogP contribution in [0.1, 0.15) is 31.7 Å². The second-order valence-corrected chi connectivity index (χ2v) is 5.89. The summed E-state index contributed by atoms with van der Waals surface area (Å²) in [5, 5.41) is 1.88. The van der Waals surface area contributed by atoms with E-state index in [-0.39, 0.29) is 18.4 Å². The molecule has 1 aromatic heterocycles. The highest BCUT2D eigenvalue weighted by Crippen LogP contribution is 2.19. The van der Waals surface area contributed by atoms with Crippen molar-refractivity contribution in [3.8, 4) is 0 Å². The Bertz CT molecular complexity index is 432. The first-order valence-electron chi connectivity index (χ1n) is 6.69. The quantitative estimate of drug-likeness (QED) is 0.779. The number of rotatable bonds is 7. The van der Waals surface area contributed by atoms with Gasteiger partial charge >= 0.3 is 5.97 Å². The molecule has 0 spiro atoms. The van der Waals surface area contributed by atoms with Crippen LogP contribution in [0, 0.1) is 5.92 Å². The molecule has 0 saturated heterocycles. The van der Waals surface area contributed by atoms with Gasteiger partial charge in [-0.1, -0.05) is 19.9 Å². The van der Waals surface area contributed by atoms with E-state index in [4.69, 9.17) is 10.5 Å². The van der Waals surface area contributed by atoms with Gasteiger partial charge < -0.3 is 15.4 Å². The minimum Gasteiger partial charge on any atom is -0.465 e. The SMILES string of the molecule is CCOC(=O)CN(CC(C)C)C(=O)C(N)c1cccs1. The van der Waals surface area contributed by atoms with Crippen LogP contribution >= 0.6 is 11.3 Å². The normalized spacial score (nSPS) is 12.2. The molecule has 2 N–H and O–H groups in total. The minimum absolute atomic E-state index is 0.0517. The van der Waals surface area contributed by atoms with Gasteiger partial charge in [-0.15, -0.1) is 11.3 Å². The predicted octanol–water partition coefficient (Wildman–Crippen LogP) is 1.80. The van der Waals surface area contributed by atoms with Crippen LogP contribution < -0.4 is 5.73 Å². The second kappa shape index (κ2) is 8.01. The van der Waals surface area contributed by atoms with Crippen molar-refractivity contribution in [2.45, 2.75) is 26.8 Å². The molecule has 1 rings (SSSR count). The molecule has 112 valence electrons. The summed E-state index contributed by atoms with van der Waals surface area (Å²) in [6, 6.07) is 2.96. The molecule has 0 saturated carbocycles. The van der Waals surface area contributed by atoms with Crippen LogP contribution in [-0.2, 0) is 14.3 Å². The summed E-state index contributed by atoms with van der Waals surface area (Å²) in [5.74, 6) is -0.391. The zero-order chi connectivity index (χ0) is 15.1. The maximum absolute atomic E-state index is 12.4. The summed E-state index contributed by atoms with van der Waals surface area (Å²) in [4.78, 5) is 26.3. The Morgan fingerprint density at radius 2 is 2.15 bits per heavy atom. The van der Waals surface area contributed by atoms with Crippen molar-refractivity contribution in [1.29, 1.82) is 0 Å². The molecule has 6 heteroatoms. The lowest BCUT2D eigenvalue weighted by molar-refractivity contribution is -0.149. The van der Waals surface area contributed by atoms with E-state index in [1.807, 2.05) is 31.4 Å². The minimum atomic E-state index is -0.719. The van der Waals surface area contributed by atoms with Crippen LogP contribution in [0.4, 0.5) is 0 Å². The zero-order valence-electron chi connectivity index (χ0n) is 12.2. The maximum atomic E-state index is 12.4. The van der Waals surface area contributed by atoms with Gasteiger partial charge in [0.1, 0.15) is 12.6 Å². The Balaban J connectivity index is 2.76. The van der Waals surface area contributed by atoms with E-state index in [9.17, 15) is 9.59 Å². The fourth-order valence-electron chi connectivity index (χ4n) is 1.82. The lowest BCUT2D eigenvalue weighted by atomic mass is 10.1. The van der Waals surface area contributed by atoms with Crippen molar-refractivity contribution in [2.75, 3.05) is 19.7 Å². The summed E-state index contributed by atoms with van der Waals surface area (Å²) in [5.41, 5.74) is 5.98. The molecule has 0 aromatic carbocycles.